The zero-order chi connectivity index (χ0) is 19.0. The molecule has 0 radical (unpaired) electrons. The first kappa shape index (κ1) is 18.5. The Hall–Kier alpha value is -1.84. The molecule has 1 amide bonds. The summed E-state index contributed by atoms with van der Waals surface area (Å²) < 4.78 is 31.3. The molecule has 1 saturated heterocycles. The Morgan fingerprint density at radius 2 is 1.96 bits per heavy atom. The van der Waals surface area contributed by atoms with E-state index in [4.69, 9.17) is 0 Å². The molecule has 1 aromatic heterocycles. The van der Waals surface area contributed by atoms with Crippen LogP contribution in [0.15, 0.2) is 23.1 Å². The number of nitrogens with zero attached hydrogens (tertiary/aromatic N) is 4. The summed E-state index contributed by atoms with van der Waals surface area (Å²) in [6.45, 7) is 3.66. The van der Waals surface area contributed by atoms with Gasteiger partial charge in [0.2, 0.25) is 10.0 Å². The lowest BCUT2D eigenvalue weighted by Gasteiger charge is -2.26. The third-order valence-corrected chi connectivity index (χ3v) is 7.88. The maximum Gasteiger partial charge on any atom is 0.271 e. The standard InChI is InChI=1S/C18H22N4O3S2/c1-2-15-17(26-20-19-15)18(23)22-11-8-13-12-14(6-7-16(13)22)27(24,25)21-9-4-3-5-10-21/h6-7,12H,2-5,8-11H2,1H3. The van der Waals surface area contributed by atoms with Gasteiger partial charge in [-0.15, -0.1) is 5.10 Å². The lowest BCUT2D eigenvalue weighted by atomic mass is 10.2. The van der Waals surface area contributed by atoms with E-state index >= 15 is 0 Å². The molecule has 0 aliphatic carbocycles. The fourth-order valence-corrected chi connectivity index (χ4v) is 6.00. The van der Waals surface area contributed by atoms with Gasteiger partial charge in [-0.05, 0) is 61.0 Å². The zero-order valence-electron chi connectivity index (χ0n) is 15.2. The third-order valence-electron chi connectivity index (χ3n) is 5.23. The van der Waals surface area contributed by atoms with Crippen molar-refractivity contribution in [1.29, 1.82) is 0 Å². The van der Waals surface area contributed by atoms with Gasteiger partial charge in [-0.2, -0.15) is 4.31 Å². The fraction of sp³-hybridized carbons (Fsp3) is 0.500. The highest BCUT2D eigenvalue weighted by Crippen LogP contribution is 2.33. The van der Waals surface area contributed by atoms with Gasteiger partial charge in [0.05, 0.1) is 10.6 Å². The number of anilines is 1. The van der Waals surface area contributed by atoms with E-state index in [1.165, 1.54) is 0 Å². The van der Waals surface area contributed by atoms with E-state index in [9.17, 15) is 13.2 Å². The van der Waals surface area contributed by atoms with Crippen LogP contribution >= 0.6 is 11.5 Å². The van der Waals surface area contributed by atoms with E-state index < -0.39 is 10.0 Å². The summed E-state index contributed by atoms with van der Waals surface area (Å²) in [5.74, 6) is -0.104. The maximum absolute atomic E-state index is 12.9. The second kappa shape index (κ2) is 7.29. The number of rotatable bonds is 4. The van der Waals surface area contributed by atoms with Gasteiger partial charge in [0.15, 0.2) is 0 Å². The minimum absolute atomic E-state index is 0.104. The van der Waals surface area contributed by atoms with Crippen molar-refractivity contribution >= 4 is 33.2 Å². The number of carbonyl (C=O) groups excluding carboxylic acids is 1. The average molecular weight is 407 g/mol. The van der Waals surface area contributed by atoms with Crippen molar-refractivity contribution in [3.05, 3.63) is 34.3 Å². The third kappa shape index (κ3) is 3.28. The molecule has 0 unspecified atom stereocenters. The molecule has 27 heavy (non-hydrogen) atoms. The van der Waals surface area contributed by atoms with E-state index in [-0.39, 0.29) is 5.91 Å². The highest BCUT2D eigenvalue weighted by Gasteiger charge is 2.31. The van der Waals surface area contributed by atoms with Crippen molar-refractivity contribution in [2.24, 2.45) is 0 Å². The number of aryl methyl sites for hydroxylation is 1. The molecule has 1 aromatic carbocycles. The summed E-state index contributed by atoms with van der Waals surface area (Å²) in [5, 5.41) is 4.02. The number of benzene rings is 1. The van der Waals surface area contributed by atoms with Crippen LogP contribution in [0.5, 0.6) is 0 Å². The summed E-state index contributed by atoms with van der Waals surface area (Å²) in [4.78, 5) is 15.5. The lowest BCUT2D eigenvalue weighted by Crippen LogP contribution is -2.35. The number of amides is 1. The van der Waals surface area contributed by atoms with E-state index in [0.29, 0.717) is 47.9 Å². The van der Waals surface area contributed by atoms with E-state index in [2.05, 4.69) is 9.59 Å². The molecule has 144 valence electrons. The van der Waals surface area contributed by atoms with Crippen LogP contribution in [0.2, 0.25) is 0 Å². The lowest BCUT2D eigenvalue weighted by molar-refractivity contribution is 0.0992. The number of sulfonamides is 1. The number of fused-ring (bicyclic) bond motifs is 1. The molecule has 3 heterocycles. The van der Waals surface area contributed by atoms with E-state index in [1.54, 1.807) is 27.4 Å². The van der Waals surface area contributed by atoms with Crippen LogP contribution in [0.1, 0.15) is 47.1 Å². The smallest absolute Gasteiger partial charge is 0.271 e. The second-order valence-electron chi connectivity index (χ2n) is 6.86. The minimum atomic E-state index is -3.46. The molecule has 0 bridgehead atoms. The van der Waals surface area contributed by atoms with Crippen molar-refractivity contribution in [3.63, 3.8) is 0 Å². The van der Waals surface area contributed by atoms with Gasteiger partial charge in [0.25, 0.3) is 5.91 Å². The Bertz CT molecular complexity index is 965. The molecule has 2 aliphatic heterocycles. The van der Waals surface area contributed by atoms with Gasteiger partial charge in [0.1, 0.15) is 4.88 Å². The molecule has 4 rings (SSSR count). The number of hydrogen-bond donors (Lipinski definition) is 0. The Labute approximate surface area is 163 Å². The molecule has 0 N–H and O–H groups in total. The first-order valence-corrected chi connectivity index (χ1v) is 11.5. The summed E-state index contributed by atoms with van der Waals surface area (Å²) in [5.41, 5.74) is 2.40. The molecular formula is C18H22N4O3S2. The fourth-order valence-electron chi connectivity index (χ4n) is 3.73. The number of aromatic nitrogens is 2. The van der Waals surface area contributed by atoms with Crippen LogP contribution in [-0.2, 0) is 22.9 Å². The van der Waals surface area contributed by atoms with Crippen LogP contribution in [-0.4, -0.2) is 47.9 Å². The number of carbonyl (C=O) groups is 1. The van der Waals surface area contributed by atoms with E-state index in [0.717, 1.165) is 42.0 Å². The Morgan fingerprint density at radius 3 is 2.70 bits per heavy atom. The number of piperidine rings is 1. The molecule has 0 saturated carbocycles. The van der Waals surface area contributed by atoms with Gasteiger partial charge >= 0.3 is 0 Å². The monoisotopic (exact) mass is 406 g/mol. The molecule has 0 spiro atoms. The molecule has 2 aromatic rings. The van der Waals surface area contributed by atoms with Crippen molar-refractivity contribution < 1.29 is 13.2 Å². The van der Waals surface area contributed by atoms with E-state index in [1.807, 2.05) is 6.92 Å². The normalized spacial score (nSPS) is 17.9. The quantitative estimate of drug-likeness (QED) is 0.779. The SMILES string of the molecule is CCc1nnsc1C(=O)N1CCc2cc(S(=O)(=O)N3CCCCC3)ccc21. The first-order valence-electron chi connectivity index (χ1n) is 9.28. The van der Waals surface area contributed by atoms with Crippen LogP contribution in [0.3, 0.4) is 0 Å². The summed E-state index contributed by atoms with van der Waals surface area (Å²) >= 11 is 1.12. The van der Waals surface area contributed by atoms with Crippen LogP contribution in [0.25, 0.3) is 0 Å². The van der Waals surface area contributed by atoms with Crippen LogP contribution in [0.4, 0.5) is 5.69 Å². The minimum Gasteiger partial charge on any atom is -0.307 e. The van der Waals surface area contributed by atoms with Crippen molar-refractivity contribution in [1.82, 2.24) is 13.9 Å². The van der Waals surface area contributed by atoms with Crippen molar-refractivity contribution in [2.75, 3.05) is 24.5 Å². The van der Waals surface area contributed by atoms with Gasteiger partial charge in [-0.3, -0.25) is 4.79 Å². The van der Waals surface area contributed by atoms with Gasteiger partial charge < -0.3 is 4.90 Å². The molecule has 2 aliphatic rings. The highest BCUT2D eigenvalue weighted by atomic mass is 32.2. The number of hydrogen-bond acceptors (Lipinski definition) is 6. The predicted octanol–water partition coefficient (Wildman–Crippen LogP) is 2.48. The molecule has 7 nitrogen and oxygen atoms in total. The summed E-state index contributed by atoms with van der Waals surface area (Å²) in [6, 6.07) is 5.12. The van der Waals surface area contributed by atoms with Crippen LogP contribution in [0, 0.1) is 0 Å². The average Bonchev–Trinajstić information content (AvgIpc) is 3.34. The summed E-state index contributed by atoms with van der Waals surface area (Å²) in [6.07, 6.45) is 4.22. The van der Waals surface area contributed by atoms with Crippen molar-refractivity contribution in [3.8, 4) is 0 Å². The van der Waals surface area contributed by atoms with Gasteiger partial charge in [-0.1, -0.05) is 17.8 Å². The largest absolute Gasteiger partial charge is 0.307 e. The second-order valence-corrected chi connectivity index (χ2v) is 9.56. The molecular weight excluding hydrogens is 384 g/mol. The summed E-state index contributed by atoms with van der Waals surface area (Å²) in [7, 11) is -3.46. The van der Waals surface area contributed by atoms with Crippen molar-refractivity contribution in [2.45, 2.75) is 43.9 Å². The molecule has 1 fully saturated rings. The topological polar surface area (TPSA) is 83.5 Å². The Kier molecular flexibility index (Phi) is 5.00. The zero-order valence-corrected chi connectivity index (χ0v) is 16.9. The Balaban J connectivity index is 1.62. The Morgan fingerprint density at radius 1 is 1.19 bits per heavy atom. The highest BCUT2D eigenvalue weighted by molar-refractivity contribution is 7.89. The van der Waals surface area contributed by atoms with Gasteiger partial charge in [0, 0.05) is 25.3 Å². The maximum atomic E-state index is 12.9. The molecule has 9 heteroatoms. The predicted molar refractivity (Wildman–Crippen MR) is 104 cm³/mol. The molecule has 0 atom stereocenters. The van der Waals surface area contributed by atoms with Crippen LogP contribution < -0.4 is 4.90 Å². The van der Waals surface area contributed by atoms with Gasteiger partial charge in [-0.25, -0.2) is 8.42 Å². The first-order chi connectivity index (χ1) is 13.0.